The molecule has 0 spiro atoms. The zero-order valence-corrected chi connectivity index (χ0v) is 16.0. The van der Waals surface area contributed by atoms with Crippen molar-refractivity contribution < 1.29 is 18.0 Å². The standard InChI is InChI=1S/C17H17N3O4S2/c1-11-7-8-14-15(9-11)25-17(18-14)19-16(21)12-5-4-6-13(10-12)26(22,23)20(2)24-3/h4-10H,1-3H3,(H,18,19,21). The molecule has 1 aromatic heterocycles. The number of rotatable bonds is 5. The van der Waals surface area contributed by atoms with Gasteiger partial charge in [-0.15, -0.1) is 0 Å². The quantitative estimate of drug-likeness (QED) is 0.676. The van der Waals surface area contributed by atoms with Crippen molar-refractivity contribution in [2.45, 2.75) is 11.8 Å². The first-order valence-corrected chi connectivity index (χ1v) is 9.88. The number of hydrogen-bond donors (Lipinski definition) is 1. The van der Waals surface area contributed by atoms with Gasteiger partial charge in [0, 0.05) is 12.6 Å². The summed E-state index contributed by atoms with van der Waals surface area (Å²) in [5.41, 5.74) is 2.12. The highest BCUT2D eigenvalue weighted by molar-refractivity contribution is 7.89. The van der Waals surface area contributed by atoms with Crippen molar-refractivity contribution in [3.63, 3.8) is 0 Å². The van der Waals surface area contributed by atoms with Crippen molar-refractivity contribution in [1.82, 2.24) is 9.45 Å². The Kier molecular flexibility index (Phi) is 5.05. The number of sulfonamides is 1. The summed E-state index contributed by atoms with van der Waals surface area (Å²) in [6.45, 7) is 1.99. The highest BCUT2D eigenvalue weighted by Crippen LogP contribution is 2.27. The third-order valence-corrected chi connectivity index (χ3v) is 6.36. The Hall–Kier alpha value is -2.33. The Bertz CT molecular complexity index is 1080. The van der Waals surface area contributed by atoms with Gasteiger partial charge in [-0.1, -0.05) is 27.9 Å². The smallest absolute Gasteiger partial charge is 0.264 e. The van der Waals surface area contributed by atoms with Crippen LogP contribution in [0, 0.1) is 6.92 Å². The molecule has 26 heavy (non-hydrogen) atoms. The van der Waals surface area contributed by atoms with Crippen molar-refractivity contribution >= 4 is 42.6 Å². The van der Waals surface area contributed by atoms with Crippen molar-refractivity contribution in [2.24, 2.45) is 0 Å². The fourth-order valence-corrected chi connectivity index (χ4v) is 4.28. The molecule has 0 radical (unpaired) electrons. The SMILES string of the molecule is CON(C)S(=O)(=O)c1cccc(C(=O)Nc2nc3ccc(C)cc3s2)c1. The average molecular weight is 391 g/mol. The maximum Gasteiger partial charge on any atom is 0.264 e. The lowest BCUT2D eigenvalue weighted by atomic mass is 10.2. The van der Waals surface area contributed by atoms with Crippen LogP contribution in [-0.2, 0) is 14.9 Å². The van der Waals surface area contributed by atoms with Gasteiger partial charge in [0.1, 0.15) is 0 Å². The van der Waals surface area contributed by atoms with Gasteiger partial charge in [-0.2, -0.15) is 0 Å². The van der Waals surface area contributed by atoms with Gasteiger partial charge in [-0.25, -0.2) is 13.4 Å². The number of nitrogens with zero attached hydrogens (tertiary/aromatic N) is 2. The Morgan fingerprint density at radius 2 is 2.00 bits per heavy atom. The molecular weight excluding hydrogens is 374 g/mol. The number of nitrogens with one attached hydrogen (secondary N) is 1. The molecule has 3 rings (SSSR count). The Labute approximate surface area is 155 Å². The molecule has 2 aromatic carbocycles. The molecule has 0 saturated heterocycles. The summed E-state index contributed by atoms with van der Waals surface area (Å²) in [5, 5.41) is 3.17. The molecule has 7 nitrogen and oxygen atoms in total. The Morgan fingerprint density at radius 3 is 2.73 bits per heavy atom. The van der Waals surface area contributed by atoms with Crippen LogP contribution in [0.15, 0.2) is 47.4 Å². The second kappa shape index (κ2) is 7.12. The third kappa shape index (κ3) is 3.61. The molecular formula is C17H17N3O4S2. The van der Waals surface area contributed by atoms with Crippen molar-refractivity contribution in [1.29, 1.82) is 0 Å². The van der Waals surface area contributed by atoms with Crippen molar-refractivity contribution in [3.05, 3.63) is 53.6 Å². The Morgan fingerprint density at radius 1 is 1.23 bits per heavy atom. The van der Waals surface area contributed by atoms with Crippen LogP contribution in [0.2, 0.25) is 0 Å². The van der Waals surface area contributed by atoms with E-state index in [1.54, 1.807) is 6.07 Å². The zero-order chi connectivity index (χ0) is 18.9. The van der Waals surface area contributed by atoms with E-state index in [4.69, 9.17) is 4.84 Å². The first kappa shape index (κ1) is 18.5. The molecule has 9 heteroatoms. The number of benzene rings is 2. The van der Waals surface area contributed by atoms with Crippen LogP contribution in [-0.4, -0.2) is 37.9 Å². The lowest BCUT2D eigenvalue weighted by Gasteiger charge is -2.14. The van der Waals surface area contributed by atoms with E-state index in [0.29, 0.717) is 5.13 Å². The number of carbonyl (C=O) groups excluding carboxylic acids is 1. The number of carbonyl (C=O) groups is 1. The van der Waals surface area contributed by atoms with Gasteiger partial charge in [0.15, 0.2) is 5.13 Å². The van der Waals surface area contributed by atoms with Gasteiger partial charge in [-0.3, -0.25) is 14.9 Å². The van der Waals surface area contributed by atoms with E-state index in [1.165, 1.54) is 43.7 Å². The highest BCUT2D eigenvalue weighted by atomic mass is 32.2. The minimum atomic E-state index is -3.83. The maximum atomic E-state index is 12.5. The van der Waals surface area contributed by atoms with Crippen LogP contribution in [0.25, 0.3) is 10.2 Å². The van der Waals surface area contributed by atoms with Gasteiger partial charge in [0.25, 0.3) is 15.9 Å². The summed E-state index contributed by atoms with van der Waals surface area (Å²) in [5.74, 6) is -0.433. The molecule has 0 fully saturated rings. The van der Waals surface area contributed by atoms with Gasteiger partial charge in [-0.05, 0) is 42.8 Å². The van der Waals surface area contributed by atoms with Gasteiger partial charge in [0.2, 0.25) is 0 Å². The summed E-state index contributed by atoms with van der Waals surface area (Å²) in [6, 6.07) is 11.6. The normalized spacial score (nSPS) is 11.8. The van der Waals surface area contributed by atoms with Crippen molar-refractivity contribution in [2.75, 3.05) is 19.5 Å². The molecule has 136 valence electrons. The van der Waals surface area contributed by atoms with Crippen LogP contribution >= 0.6 is 11.3 Å². The largest absolute Gasteiger partial charge is 0.298 e. The minimum Gasteiger partial charge on any atom is -0.298 e. The minimum absolute atomic E-state index is 0.0329. The Balaban J connectivity index is 1.87. The van der Waals surface area contributed by atoms with E-state index in [-0.39, 0.29) is 10.5 Å². The number of aryl methyl sites for hydroxylation is 1. The topological polar surface area (TPSA) is 88.6 Å². The molecule has 3 aromatic rings. The van der Waals surface area contributed by atoms with E-state index in [9.17, 15) is 13.2 Å². The third-order valence-electron chi connectivity index (χ3n) is 3.75. The van der Waals surface area contributed by atoms with E-state index < -0.39 is 15.9 Å². The number of hydroxylamine groups is 1. The summed E-state index contributed by atoms with van der Waals surface area (Å²) < 4.78 is 26.3. The van der Waals surface area contributed by atoms with Crippen LogP contribution in [0.3, 0.4) is 0 Å². The van der Waals surface area contributed by atoms with Crippen LogP contribution < -0.4 is 5.32 Å². The number of aromatic nitrogens is 1. The van der Waals surface area contributed by atoms with E-state index in [1.807, 2.05) is 25.1 Å². The summed E-state index contributed by atoms with van der Waals surface area (Å²) in [7, 11) is -1.29. The molecule has 0 aliphatic rings. The summed E-state index contributed by atoms with van der Waals surface area (Å²) >= 11 is 1.36. The van der Waals surface area contributed by atoms with Crippen LogP contribution in [0.1, 0.15) is 15.9 Å². The lowest BCUT2D eigenvalue weighted by Crippen LogP contribution is -2.26. The monoisotopic (exact) mass is 391 g/mol. The van der Waals surface area contributed by atoms with E-state index in [0.717, 1.165) is 20.2 Å². The first-order chi connectivity index (χ1) is 12.3. The highest BCUT2D eigenvalue weighted by Gasteiger charge is 2.22. The second-order valence-corrected chi connectivity index (χ2v) is 8.54. The summed E-state index contributed by atoms with van der Waals surface area (Å²) in [6.07, 6.45) is 0. The zero-order valence-electron chi connectivity index (χ0n) is 14.4. The number of thiazole rings is 1. The summed E-state index contributed by atoms with van der Waals surface area (Å²) in [4.78, 5) is 21.6. The van der Waals surface area contributed by atoms with E-state index in [2.05, 4.69) is 10.3 Å². The molecule has 0 bridgehead atoms. The molecule has 0 unspecified atom stereocenters. The lowest BCUT2D eigenvalue weighted by molar-refractivity contribution is -0.0258. The molecule has 0 aliphatic carbocycles. The fraction of sp³-hybridized carbons (Fsp3) is 0.176. The van der Waals surface area contributed by atoms with Crippen LogP contribution in [0.5, 0.6) is 0 Å². The maximum absolute atomic E-state index is 12.5. The molecule has 0 aliphatic heterocycles. The van der Waals surface area contributed by atoms with Gasteiger partial charge < -0.3 is 0 Å². The number of fused-ring (bicyclic) bond motifs is 1. The molecule has 1 heterocycles. The molecule has 0 saturated carbocycles. The molecule has 1 amide bonds. The first-order valence-electron chi connectivity index (χ1n) is 7.63. The number of amides is 1. The number of hydrogen-bond acceptors (Lipinski definition) is 6. The molecule has 1 N–H and O–H groups in total. The average Bonchev–Trinajstić information content (AvgIpc) is 3.02. The predicted molar refractivity (Wildman–Crippen MR) is 101 cm³/mol. The predicted octanol–water partition coefficient (Wildman–Crippen LogP) is 3.04. The second-order valence-electron chi connectivity index (χ2n) is 5.57. The molecule has 0 atom stereocenters. The fourth-order valence-electron chi connectivity index (χ4n) is 2.30. The van der Waals surface area contributed by atoms with E-state index >= 15 is 0 Å². The van der Waals surface area contributed by atoms with Crippen LogP contribution in [0.4, 0.5) is 5.13 Å². The number of anilines is 1. The van der Waals surface area contributed by atoms with Crippen molar-refractivity contribution in [3.8, 4) is 0 Å². The van der Waals surface area contributed by atoms with Gasteiger partial charge >= 0.3 is 0 Å². The van der Waals surface area contributed by atoms with Gasteiger partial charge in [0.05, 0.1) is 22.2 Å².